The highest BCUT2D eigenvalue weighted by Gasteiger charge is 2.56. The van der Waals surface area contributed by atoms with Gasteiger partial charge in [-0.05, 0) is 88.0 Å². The van der Waals surface area contributed by atoms with Gasteiger partial charge < -0.3 is 48.7 Å². The summed E-state index contributed by atoms with van der Waals surface area (Å²) in [5.41, 5.74) is 4.88. The molecule has 5 heterocycles. The average Bonchev–Trinajstić information content (AvgIpc) is 3.67. The summed E-state index contributed by atoms with van der Waals surface area (Å²) in [7, 11) is 5.04. The second kappa shape index (κ2) is 15.4. The molecule has 1 fully saturated rings. The zero-order chi connectivity index (χ0) is 40.3. The highest BCUT2D eigenvalue weighted by atomic mass is 32.2. The normalized spacial score (nSPS) is 25.6. The highest BCUT2D eigenvalue weighted by Crippen LogP contribution is 2.54. The molecule has 5 aliphatic heterocycles. The topological polar surface area (TPSA) is 158 Å². The Balaban J connectivity index is 1.44. The monoisotopic (exact) mass is 805 g/mol. The second-order valence-electron chi connectivity index (χ2n) is 15.3. The fraction of sp³-hybridized carbons (Fsp3) is 0.524. The molecule has 3 aromatic rings. The molecule has 57 heavy (non-hydrogen) atoms. The number of fused-ring (bicyclic) bond motifs is 4. The van der Waals surface area contributed by atoms with E-state index in [2.05, 4.69) is 16.3 Å². The van der Waals surface area contributed by atoms with Crippen LogP contribution >= 0.6 is 11.8 Å². The Morgan fingerprint density at radius 3 is 2.49 bits per heavy atom. The van der Waals surface area contributed by atoms with E-state index in [1.165, 1.54) is 14.0 Å². The van der Waals surface area contributed by atoms with Crippen molar-refractivity contribution in [2.24, 2.45) is 0 Å². The lowest BCUT2D eigenvalue weighted by atomic mass is 9.80. The summed E-state index contributed by atoms with van der Waals surface area (Å²) in [6.45, 7) is 7.51. The number of nitrogens with zero attached hydrogens (tertiary/aromatic N) is 2. The lowest BCUT2D eigenvalue weighted by Crippen LogP contribution is -2.64. The molecule has 5 atom stereocenters. The van der Waals surface area contributed by atoms with Crippen LogP contribution in [0.25, 0.3) is 0 Å². The third-order valence-electron chi connectivity index (χ3n) is 12.3. The van der Waals surface area contributed by atoms with E-state index in [1.54, 1.807) is 31.0 Å². The summed E-state index contributed by atoms with van der Waals surface area (Å²) in [5.74, 6) is 2.46. The van der Waals surface area contributed by atoms with E-state index in [1.807, 2.05) is 32.7 Å². The zero-order valence-electron chi connectivity index (χ0n) is 33.5. The van der Waals surface area contributed by atoms with Gasteiger partial charge in [0.2, 0.25) is 6.79 Å². The minimum Gasteiger partial charge on any atom is -0.504 e. The van der Waals surface area contributed by atoms with Crippen molar-refractivity contribution in [1.29, 1.82) is 0 Å². The van der Waals surface area contributed by atoms with Crippen molar-refractivity contribution < 1.29 is 53.0 Å². The zero-order valence-corrected chi connectivity index (χ0v) is 34.3. The Morgan fingerprint density at radius 1 is 0.982 bits per heavy atom. The fourth-order valence-electron chi connectivity index (χ4n) is 9.89. The molecule has 3 N–H and O–H groups in total. The molecule has 0 aliphatic carbocycles. The number of carbonyl (C=O) groups excluding carboxylic acids is 2. The van der Waals surface area contributed by atoms with Crippen LogP contribution in [0.2, 0.25) is 0 Å². The van der Waals surface area contributed by atoms with Gasteiger partial charge in [0.05, 0.1) is 32.9 Å². The van der Waals surface area contributed by atoms with Crippen molar-refractivity contribution >= 4 is 23.7 Å². The van der Waals surface area contributed by atoms with Gasteiger partial charge in [-0.2, -0.15) is 11.8 Å². The number of rotatable bonds is 6. The van der Waals surface area contributed by atoms with Crippen molar-refractivity contribution in [2.45, 2.75) is 76.8 Å². The number of likely N-dealkylation sites (N-methyl/N-ethyl adjacent to an activating group) is 1. The van der Waals surface area contributed by atoms with Crippen molar-refractivity contribution in [3.05, 3.63) is 62.7 Å². The van der Waals surface area contributed by atoms with Gasteiger partial charge in [0, 0.05) is 53.3 Å². The number of ether oxygens (including phenoxy) is 7. The number of aliphatic hydroxyl groups excluding tert-OH is 1. The van der Waals surface area contributed by atoms with Crippen LogP contribution in [0.4, 0.5) is 0 Å². The largest absolute Gasteiger partial charge is 0.504 e. The molecule has 0 saturated carbocycles. The average molecular weight is 806 g/mol. The number of esters is 2. The molecule has 3 unspecified atom stereocenters. The Morgan fingerprint density at radius 2 is 1.77 bits per heavy atom. The Kier molecular flexibility index (Phi) is 10.7. The number of hydrogen-bond donors (Lipinski definition) is 3. The van der Waals surface area contributed by atoms with Crippen LogP contribution in [0.1, 0.15) is 69.9 Å². The minimum atomic E-state index is -1.49. The molecule has 1 saturated heterocycles. The lowest BCUT2D eigenvalue weighted by Gasteiger charge is -2.49. The van der Waals surface area contributed by atoms with Crippen LogP contribution in [0, 0.1) is 20.8 Å². The van der Waals surface area contributed by atoms with E-state index >= 15 is 4.79 Å². The predicted molar refractivity (Wildman–Crippen MR) is 211 cm³/mol. The second-order valence-corrected chi connectivity index (χ2v) is 16.4. The fourth-order valence-corrected chi connectivity index (χ4v) is 11.4. The van der Waals surface area contributed by atoms with Crippen LogP contribution in [-0.4, -0.2) is 110 Å². The number of benzene rings is 3. The minimum absolute atomic E-state index is 0.0175. The first-order chi connectivity index (χ1) is 27.5. The highest BCUT2D eigenvalue weighted by molar-refractivity contribution is 7.99. The molecule has 15 heteroatoms. The van der Waals surface area contributed by atoms with E-state index in [-0.39, 0.29) is 42.7 Å². The summed E-state index contributed by atoms with van der Waals surface area (Å²) in [6.07, 6.45) is 0.933. The van der Waals surface area contributed by atoms with Crippen LogP contribution in [0.5, 0.6) is 40.2 Å². The molecule has 0 amide bonds. The molecule has 0 aromatic heterocycles. The first kappa shape index (κ1) is 39.4. The summed E-state index contributed by atoms with van der Waals surface area (Å²) < 4.78 is 43.7. The van der Waals surface area contributed by atoms with Gasteiger partial charge in [0.25, 0.3) is 0 Å². The molecule has 306 valence electrons. The number of aromatic hydroxyl groups is 1. The van der Waals surface area contributed by atoms with Gasteiger partial charge in [0.1, 0.15) is 12.4 Å². The molecule has 1 spiro atoms. The van der Waals surface area contributed by atoms with Gasteiger partial charge in [-0.25, -0.2) is 9.69 Å². The van der Waals surface area contributed by atoms with Crippen LogP contribution in [-0.2, 0) is 32.7 Å². The van der Waals surface area contributed by atoms with Crippen molar-refractivity contribution in [3.8, 4) is 40.2 Å². The van der Waals surface area contributed by atoms with Crippen molar-refractivity contribution in [1.82, 2.24) is 15.1 Å². The number of aryl methyl sites for hydroxylation is 2. The maximum atomic E-state index is 15.5. The van der Waals surface area contributed by atoms with Crippen molar-refractivity contribution in [3.63, 3.8) is 0 Å². The number of phenols is 1. The van der Waals surface area contributed by atoms with E-state index in [0.29, 0.717) is 76.3 Å². The van der Waals surface area contributed by atoms with E-state index in [4.69, 9.17) is 33.2 Å². The standard InChI is InChI=1S/C42H51N3O11S/c1-21-13-26-9-8-11-44-28(33-22(2)37(55-24(4)47)23(3)38-39(33)54-20-53-38)17-52-41(49)42-19-57-18-29(44)35(43-5)34(26)40(36(21)51-7)56-32(16-46)45(42)12-10-25-14-30(48)31(50-6)15-27(25)42/h13-15,28-29,32,35,43,46,48H,8-12,16-20H2,1-7H3/t28?,29?,32?,35-,42+/m0/s1. The maximum absolute atomic E-state index is 15.5. The molecule has 0 radical (unpaired) electrons. The van der Waals surface area contributed by atoms with Gasteiger partial charge in [-0.1, -0.05) is 6.07 Å². The molecular formula is C42H51N3O11S. The third-order valence-corrected chi connectivity index (χ3v) is 13.5. The van der Waals surface area contributed by atoms with Gasteiger partial charge in [-0.15, -0.1) is 0 Å². The summed E-state index contributed by atoms with van der Waals surface area (Å²) in [6, 6.07) is 4.40. The van der Waals surface area contributed by atoms with E-state index < -0.39 is 36.4 Å². The summed E-state index contributed by atoms with van der Waals surface area (Å²) >= 11 is 1.63. The van der Waals surface area contributed by atoms with Crippen LogP contribution in [0.3, 0.4) is 0 Å². The van der Waals surface area contributed by atoms with Crippen LogP contribution in [0.15, 0.2) is 18.2 Å². The SMILES string of the molecule is CN[C@@H]1c2c3cc(C)c(OC)c2OC(CO)N2CCc4cc(O)c(OC)cc4[C@@]24CSCC1N(CCC3)C(c1c(C)c(OC(C)=O)c(C)c2c1OCO2)COC4=O. The number of nitrogens with one attached hydrogen (secondary N) is 1. The number of aliphatic hydroxyl groups is 1. The van der Waals surface area contributed by atoms with Gasteiger partial charge in [-0.3, -0.25) is 9.69 Å². The molecule has 3 bridgehead atoms. The number of phenolic OH excluding ortho intramolecular Hbond substituents is 1. The Hall–Kier alpha value is -4.41. The molecule has 8 rings (SSSR count). The van der Waals surface area contributed by atoms with E-state index in [0.717, 1.165) is 35.1 Å². The molecule has 5 aliphatic rings. The molecule has 3 aromatic carbocycles. The maximum Gasteiger partial charge on any atom is 0.332 e. The van der Waals surface area contributed by atoms with Gasteiger partial charge in [0.15, 0.2) is 46.3 Å². The van der Waals surface area contributed by atoms with Crippen LogP contribution < -0.4 is 33.7 Å². The van der Waals surface area contributed by atoms with Crippen molar-refractivity contribution in [2.75, 3.05) is 65.9 Å². The number of hydrogen-bond acceptors (Lipinski definition) is 15. The number of thioether (sulfide) groups is 1. The number of cyclic esters (lactones) is 1. The Labute approximate surface area is 336 Å². The van der Waals surface area contributed by atoms with Gasteiger partial charge >= 0.3 is 11.9 Å². The Bertz CT molecular complexity index is 2110. The first-order valence-electron chi connectivity index (χ1n) is 19.4. The summed E-state index contributed by atoms with van der Waals surface area (Å²) in [4.78, 5) is 32.3. The predicted octanol–water partition coefficient (Wildman–Crippen LogP) is 4.36. The first-order valence-corrected chi connectivity index (χ1v) is 20.6. The number of carbonyl (C=O) groups is 2. The quantitative estimate of drug-likeness (QED) is 0.238. The summed E-state index contributed by atoms with van der Waals surface area (Å²) in [5, 5.41) is 25.9. The lowest BCUT2D eigenvalue weighted by molar-refractivity contribution is -0.171. The number of methoxy groups -OCH3 is 2. The third kappa shape index (κ3) is 6.24. The van der Waals surface area contributed by atoms with E-state index in [9.17, 15) is 15.0 Å². The molecular weight excluding hydrogens is 755 g/mol. The molecule has 14 nitrogen and oxygen atoms in total. The smallest absolute Gasteiger partial charge is 0.332 e.